The van der Waals surface area contributed by atoms with E-state index in [9.17, 15) is 0 Å². The molecule has 1 aliphatic rings. The van der Waals surface area contributed by atoms with E-state index in [-0.39, 0.29) is 6.04 Å². The highest BCUT2D eigenvalue weighted by molar-refractivity contribution is 5.80. The number of benzene rings is 1. The van der Waals surface area contributed by atoms with Gasteiger partial charge in [-0.05, 0) is 31.5 Å². The minimum absolute atomic E-state index is 0.191. The molecule has 1 N–H and O–H groups in total. The number of hydrogen-bond donors (Lipinski definition) is 1. The molecule has 0 aliphatic carbocycles. The van der Waals surface area contributed by atoms with Gasteiger partial charge in [0.15, 0.2) is 0 Å². The Balaban J connectivity index is 1.71. The third-order valence-electron chi connectivity index (χ3n) is 3.63. The van der Waals surface area contributed by atoms with Crippen molar-refractivity contribution in [1.82, 2.24) is 20.4 Å². The van der Waals surface area contributed by atoms with Crippen molar-refractivity contribution in [2.45, 2.75) is 18.9 Å². The second-order valence-electron chi connectivity index (χ2n) is 4.99. The summed E-state index contributed by atoms with van der Waals surface area (Å²) in [7, 11) is 0. The largest absolute Gasteiger partial charge is 0.337 e. The van der Waals surface area contributed by atoms with Crippen molar-refractivity contribution in [1.29, 1.82) is 0 Å². The van der Waals surface area contributed by atoms with Crippen molar-refractivity contribution < 1.29 is 4.52 Å². The second-order valence-corrected chi connectivity index (χ2v) is 4.99. The van der Waals surface area contributed by atoms with Crippen molar-refractivity contribution in [2.75, 3.05) is 6.54 Å². The molecule has 0 unspecified atom stereocenters. The minimum Gasteiger partial charge on any atom is -0.337 e. The van der Waals surface area contributed by atoms with Crippen LogP contribution in [-0.4, -0.2) is 21.7 Å². The molecule has 1 aliphatic heterocycles. The van der Waals surface area contributed by atoms with E-state index in [1.54, 1.807) is 0 Å². The van der Waals surface area contributed by atoms with Crippen LogP contribution in [0, 0.1) is 0 Å². The zero-order valence-corrected chi connectivity index (χ0v) is 10.9. The Hall–Kier alpha value is -2.27. The van der Waals surface area contributed by atoms with E-state index in [1.165, 1.54) is 0 Å². The summed E-state index contributed by atoms with van der Waals surface area (Å²) in [4.78, 5) is 9.05. The van der Waals surface area contributed by atoms with Crippen LogP contribution in [0.5, 0.6) is 0 Å². The van der Waals surface area contributed by atoms with Gasteiger partial charge in [0, 0.05) is 5.39 Å². The molecule has 2 aromatic heterocycles. The molecule has 0 amide bonds. The summed E-state index contributed by atoms with van der Waals surface area (Å²) in [5.74, 6) is 1.21. The van der Waals surface area contributed by atoms with Crippen LogP contribution >= 0.6 is 0 Å². The van der Waals surface area contributed by atoms with Crippen molar-refractivity contribution in [3.63, 3.8) is 0 Å². The summed E-state index contributed by atoms with van der Waals surface area (Å²) >= 11 is 0. The first kappa shape index (κ1) is 11.5. The quantitative estimate of drug-likeness (QED) is 0.772. The molecular formula is C15H14N4O. The molecule has 5 nitrogen and oxygen atoms in total. The van der Waals surface area contributed by atoms with Crippen molar-refractivity contribution >= 4 is 10.9 Å². The van der Waals surface area contributed by atoms with Crippen LogP contribution in [0.2, 0.25) is 0 Å². The molecular weight excluding hydrogens is 252 g/mol. The van der Waals surface area contributed by atoms with Gasteiger partial charge >= 0.3 is 0 Å². The normalized spacial score (nSPS) is 18.7. The third kappa shape index (κ3) is 1.96. The van der Waals surface area contributed by atoms with Gasteiger partial charge in [0.05, 0.1) is 11.6 Å². The Kier molecular flexibility index (Phi) is 2.70. The standard InChI is InChI=1S/C15H14N4O/c1-2-5-11-10(4-1)7-8-12(17-11)14-18-15(20-19-14)13-6-3-9-16-13/h1-2,4-5,7-8,13,16H,3,6,9H2/t13-/m0/s1. The lowest BCUT2D eigenvalue weighted by Crippen LogP contribution is -2.12. The maximum atomic E-state index is 5.35. The molecule has 0 saturated carbocycles. The molecule has 3 aromatic rings. The number of nitrogens with zero attached hydrogens (tertiary/aromatic N) is 3. The summed E-state index contributed by atoms with van der Waals surface area (Å²) in [5, 5.41) is 8.51. The van der Waals surface area contributed by atoms with Crippen LogP contribution in [0.25, 0.3) is 22.4 Å². The SMILES string of the molecule is c1ccc2nc(-c3noc([C@@H]4CCCN4)n3)ccc2c1. The molecule has 0 spiro atoms. The summed E-state index contributed by atoms with van der Waals surface area (Å²) in [6, 6.07) is 12.1. The number of rotatable bonds is 2. The van der Waals surface area contributed by atoms with Gasteiger partial charge < -0.3 is 9.84 Å². The van der Waals surface area contributed by atoms with Crippen LogP contribution < -0.4 is 5.32 Å². The Morgan fingerprint density at radius 1 is 1.10 bits per heavy atom. The summed E-state index contributed by atoms with van der Waals surface area (Å²) in [6.07, 6.45) is 2.20. The zero-order valence-electron chi connectivity index (χ0n) is 10.9. The number of pyridine rings is 1. The highest BCUT2D eigenvalue weighted by Crippen LogP contribution is 2.24. The molecule has 0 bridgehead atoms. The van der Waals surface area contributed by atoms with Crippen LogP contribution in [-0.2, 0) is 0 Å². The van der Waals surface area contributed by atoms with Gasteiger partial charge in [-0.1, -0.05) is 29.4 Å². The number of aromatic nitrogens is 3. The third-order valence-corrected chi connectivity index (χ3v) is 3.63. The number of para-hydroxylation sites is 1. The monoisotopic (exact) mass is 266 g/mol. The Labute approximate surface area is 116 Å². The van der Waals surface area contributed by atoms with Gasteiger partial charge in [0.1, 0.15) is 5.69 Å². The minimum atomic E-state index is 0.191. The number of hydrogen-bond acceptors (Lipinski definition) is 5. The summed E-state index contributed by atoms with van der Waals surface area (Å²) in [6.45, 7) is 1.01. The van der Waals surface area contributed by atoms with E-state index in [0.717, 1.165) is 36.0 Å². The first-order valence-electron chi connectivity index (χ1n) is 6.83. The molecule has 1 fully saturated rings. The van der Waals surface area contributed by atoms with Gasteiger partial charge in [-0.3, -0.25) is 0 Å². The number of fused-ring (bicyclic) bond motifs is 1. The van der Waals surface area contributed by atoms with E-state index in [0.29, 0.717) is 11.7 Å². The fourth-order valence-corrected chi connectivity index (χ4v) is 2.57. The molecule has 4 rings (SSSR count). The van der Waals surface area contributed by atoms with Crippen molar-refractivity contribution in [2.24, 2.45) is 0 Å². The zero-order chi connectivity index (χ0) is 13.4. The molecule has 1 saturated heterocycles. The predicted molar refractivity (Wildman–Crippen MR) is 75.0 cm³/mol. The van der Waals surface area contributed by atoms with E-state index in [4.69, 9.17) is 4.52 Å². The van der Waals surface area contributed by atoms with E-state index in [1.807, 2.05) is 36.4 Å². The fraction of sp³-hybridized carbons (Fsp3) is 0.267. The Morgan fingerprint density at radius 3 is 2.95 bits per heavy atom. The van der Waals surface area contributed by atoms with Crippen molar-refractivity contribution in [3.8, 4) is 11.5 Å². The Morgan fingerprint density at radius 2 is 2.05 bits per heavy atom. The fourth-order valence-electron chi connectivity index (χ4n) is 2.57. The van der Waals surface area contributed by atoms with Crippen LogP contribution in [0.3, 0.4) is 0 Å². The van der Waals surface area contributed by atoms with E-state index >= 15 is 0 Å². The van der Waals surface area contributed by atoms with Gasteiger partial charge in [-0.15, -0.1) is 0 Å². The average molecular weight is 266 g/mol. The van der Waals surface area contributed by atoms with Gasteiger partial charge in [-0.2, -0.15) is 4.98 Å². The van der Waals surface area contributed by atoms with Crippen LogP contribution in [0.1, 0.15) is 24.8 Å². The molecule has 100 valence electrons. The first-order chi connectivity index (χ1) is 9.90. The van der Waals surface area contributed by atoms with Crippen LogP contribution in [0.15, 0.2) is 40.9 Å². The van der Waals surface area contributed by atoms with Crippen LogP contribution in [0.4, 0.5) is 0 Å². The molecule has 5 heteroatoms. The number of nitrogens with one attached hydrogen (secondary N) is 1. The maximum absolute atomic E-state index is 5.35. The summed E-state index contributed by atoms with van der Waals surface area (Å²) in [5.41, 5.74) is 1.69. The molecule has 0 radical (unpaired) electrons. The maximum Gasteiger partial charge on any atom is 0.244 e. The molecule has 3 heterocycles. The second kappa shape index (κ2) is 4.68. The average Bonchev–Trinajstić information content (AvgIpc) is 3.17. The topological polar surface area (TPSA) is 63.8 Å². The molecule has 1 atom stereocenters. The van der Waals surface area contributed by atoms with Crippen molar-refractivity contribution in [3.05, 3.63) is 42.3 Å². The predicted octanol–water partition coefficient (Wildman–Crippen LogP) is 2.71. The lowest BCUT2D eigenvalue weighted by Gasteiger charge is -2.01. The van der Waals surface area contributed by atoms with E-state index in [2.05, 4.69) is 20.4 Å². The highest BCUT2D eigenvalue weighted by atomic mass is 16.5. The summed E-state index contributed by atoms with van der Waals surface area (Å²) < 4.78 is 5.35. The molecule has 1 aromatic carbocycles. The Bertz CT molecular complexity index is 746. The van der Waals surface area contributed by atoms with Gasteiger partial charge in [0.25, 0.3) is 0 Å². The van der Waals surface area contributed by atoms with E-state index < -0.39 is 0 Å². The smallest absolute Gasteiger partial charge is 0.244 e. The highest BCUT2D eigenvalue weighted by Gasteiger charge is 2.22. The van der Waals surface area contributed by atoms with Gasteiger partial charge in [-0.25, -0.2) is 4.98 Å². The lowest BCUT2D eigenvalue weighted by atomic mass is 10.2. The lowest BCUT2D eigenvalue weighted by molar-refractivity contribution is 0.345. The first-order valence-corrected chi connectivity index (χ1v) is 6.83. The molecule has 20 heavy (non-hydrogen) atoms. The van der Waals surface area contributed by atoms with Gasteiger partial charge in [0.2, 0.25) is 11.7 Å².